The van der Waals surface area contributed by atoms with Gasteiger partial charge in [-0.25, -0.2) is 4.79 Å². The van der Waals surface area contributed by atoms with Gasteiger partial charge in [-0.2, -0.15) is 0 Å². The average Bonchev–Trinajstić information content (AvgIpc) is 3.06. The van der Waals surface area contributed by atoms with Gasteiger partial charge in [0.1, 0.15) is 17.8 Å². The summed E-state index contributed by atoms with van der Waals surface area (Å²) in [6.45, 7) is 9.36. The minimum absolute atomic E-state index is 0.0240. The van der Waals surface area contributed by atoms with Gasteiger partial charge < -0.3 is 9.47 Å². The Labute approximate surface area is 147 Å². The second kappa shape index (κ2) is 6.37. The summed E-state index contributed by atoms with van der Waals surface area (Å²) in [5, 5.41) is 0. The van der Waals surface area contributed by atoms with E-state index in [2.05, 4.69) is 6.58 Å². The minimum atomic E-state index is -0.641. The highest BCUT2D eigenvalue weighted by Crippen LogP contribution is 2.43. The van der Waals surface area contributed by atoms with Crippen molar-refractivity contribution in [2.24, 2.45) is 5.92 Å². The fourth-order valence-electron chi connectivity index (χ4n) is 3.58. The molecule has 3 rings (SSSR count). The first-order valence-electron chi connectivity index (χ1n) is 8.70. The van der Waals surface area contributed by atoms with E-state index in [1.54, 1.807) is 6.92 Å². The maximum atomic E-state index is 12.5. The van der Waals surface area contributed by atoms with Crippen molar-refractivity contribution in [3.05, 3.63) is 35.5 Å². The number of fused-ring (bicyclic) bond motifs is 2. The number of ether oxygens (including phenoxy) is 2. The van der Waals surface area contributed by atoms with Gasteiger partial charge in [-0.05, 0) is 57.3 Å². The van der Waals surface area contributed by atoms with E-state index in [1.165, 1.54) is 6.08 Å². The fraction of sp³-hybridized carbons (Fsp3) is 0.550. The monoisotopic (exact) mass is 344 g/mol. The third-order valence-corrected chi connectivity index (χ3v) is 5.35. The van der Waals surface area contributed by atoms with Gasteiger partial charge in [0, 0.05) is 18.4 Å². The van der Waals surface area contributed by atoms with Crippen LogP contribution in [0.5, 0.6) is 0 Å². The maximum Gasteiger partial charge on any atom is 0.334 e. The van der Waals surface area contributed by atoms with Crippen molar-refractivity contribution in [1.82, 2.24) is 0 Å². The molecule has 2 aliphatic heterocycles. The summed E-state index contributed by atoms with van der Waals surface area (Å²) in [5.41, 5.74) is 1.35. The zero-order valence-corrected chi connectivity index (χ0v) is 15.0. The van der Waals surface area contributed by atoms with E-state index >= 15 is 0 Å². The van der Waals surface area contributed by atoms with E-state index < -0.39 is 11.7 Å². The number of carbonyl (C=O) groups is 3. The number of hydrogen-bond acceptors (Lipinski definition) is 5. The smallest absolute Gasteiger partial charge is 0.334 e. The van der Waals surface area contributed by atoms with Crippen LogP contribution in [0, 0.1) is 5.92 Å². The van der Waals surface area contributed by atoms with Crippen molar-refractivity contribution in [3.63, 3.8) is 0 Å². The van der Waals surface area contributed by atoms with Gasteiger partial charge in [0.05, 0.1) is 0 Å². The first-order valence-corrected chi connectivity index (χ1v) is 8.70. The number of carbonyl (C=O) groups excluding carboxylic acids is 3. The highest BCUT2D eigenvalue weighted by atomic mass is 16.6. The van der Waals surface area contributed by atoms with Gasteiger partial charge in [0.25, 0.3) is 0 Å². The standard InChI is InChI=1S/C20H24O5/c1-11(2)13-5-6-14-8-15(24-19(14)23)10-20(4)18(25-20)17(22)7-12(3)16(21)9-13/h7-8,13,15,18H,1,5-6,9-10H2,2-4H3/b12-7+/t13?,15-,18+,20+/m0/s1. The third kappa shape index (κ3) is 3.66. The summed E-state index contributed by atoms with van der Waals surface area (Å²) < 4.78 is 11.0. The van der Waals surface area contributed by atoms with E-state index in [4.69, 9.17) is 9.47 Å². The Kier molecular flexibility index (Phi) is 4.54. The number of rotatable bonds is 1. The van der Waals surface area contributed by atoms with Crippen molar-refractivity contribution in [2.75, 3.05) is 0 Å². The largest absolute Gasteiger partial charge is 0.455 e. The van der Waals surface area contributed by atoms with E-state index in [9.17, 15) is 14.4 Å². The summed E-state index contributed by atoms with van der Waals surface area (Å²) in [6, 6.07) is 0. The number of hydrogen-bond donors (Lipinski definition) is 0. The molecule has 1 unspecified atom stereocenters. The molecule has 134 valence electrons. The van der Waals surface area contributed by atoms with E-state index in [0.29, 0.717) is 36.8 Å². The van der Waals surface area contributed by atoms with Crippen molar-refractivity contribution in [3.8, 4) is 0 Å². The van der Waals surface area contributed by atoms with E-state index in [-0.39, 0.29) is 29.6 Å². The van der Waals surface area contributed by atoms with Gasteiger partial charge in [-0.15, -0.1) is 0 Å². The molecule has 0 N–H and O–H groups in total. The molecule has 0 saturated carbocycles. The van der Waals surface area contributed by atoms with Crippen molar-refractivity contribution < 1.29 is 23.9 Å². The molecule has 0 amide bonds. The normalized spacial score (nSPS) is 38.0. The number of esters is 1. The Balaban J connectivity index is 1.88. The topological polar surface area (TPSA) is 73.0 Å². The van der Waals surface area contributed by atoms with Crippen LogP contribution in [0.15, 0.2) is 35.5 Å². The van der Waals surface area contributed by atoms with Crippen molar-refractivity contribution in [2.45, 2.75) is 64.3 Å². The molecule has 0 radical (unpaired) electrons. The second-order valence-corrected chi connectivity index (χ2v) is 7.59. The highest BCUT2D eigenvalue weighted by Gasteiger charge is 2.57. The molecule has 2 heterocycles. The number of allylic oxidation sites excluding steroid dienone is 2. The van der Waals surface area contributed by atoms with Crippen LogP contribution in [0.25, 0.3) is 0 Å². The van der Waals surface area contributed by atoms with Crippen LogP contribution in [0.4, 0.5) is 0 Å². The number of Topliss-reactive ketones (excluding diaryl/α,β-unsaturated/α-hetero) is 1. The van der Waals surface area contributed by atoms with Crippen molar-refractivity contribution in [1.29, 1.82) is 0 Å². The fourth-order valence-corrected chi connectivity index (χ4v) is 3.58. The molecule has 0 spiro atoms. The molecule has 4 atom stereocenters. The molecule has 0 aromatic rings. The summed E-state index contributed by atoms with van der Waals surface area (Å²) in [4.78, 5) is 36.9. The van der Waals surface area contributed by atoms with Gasteiger partial charge in [-0.1, -0.05) is 12.2 Å². The first-order chi connectivity index (χ1) is 11.7. The predicted molar refractivity (Wildman–Crippen MR) is 91.8 cm³/mol. The van der Waals surface area contributed by atoms with Gasteiger partial charge in [0.2, 0.25) is 0 Å². The van der Waals surface area contributed by atoms with Crippen LogP contribution in [0.3, 0.4) is 0 Å². The average molecular weight is 344 g/mol. The van der Waals surface area contributed by atoms with Crippen LogP contribution in [-0.2, 0) is 23.9 Å². The Morgan fingerprint density at radius 1 is 1.32 bits per heavy atom. The van der Waals surface area contributed by atoms with E-state index in [0.717, 1.165) is 5.57 Å². The lowest BCUT2D eigenvalue weighted by Gasteiger charge is -2.16. The number of ketones is 2. The molecule has 0 aromatic heterocycles. The lowest BCUT2D eigenvalue weighted by Crippen LogP contribution is -2.23. The van der Waals surface area contributed by atoms with Crippen LogP contribution in [0.1, 0.15) is 46.5 Å². The van der Waals surface area contributed by atoms with Crippen LogP contribution >= 0.6 is 0 Å². The van der Waals surface area contributed by atoms with Gasteiger partial charge in [0.15, 0.2) is 11.6 Å². The summed E-state index contributed by atoms with van der Waals surface area (Å²) in [7, 11) is 0. The Morgan fingerprint density at radius 2 is 2.04 bits per heavy atom. The Morgan fingerprint density at radius 3 is 2.72 bits per heavy atom. The molecule has 25 heavy (non-hydrogen) atoms. The second-order valence-electron chi connectivity index (χ2n) is 7.59. The molecule has 1 aliphatic carbocycles. The van der Waals surface area contributed by atoms with Crippen molar-refractivity contribution >= 4 is 17.5 Å². The number of epoxide rings is 1. The maximum absolute atomic E-state index is 12.5. The molecule has 3 aliphatic rings. The molecule has 5 heteroatoms. The lowest BCUT2D eigenvalue weighted by molar-refractivity contribution is -0.140. The van der Waals surface area contributed by atoms with Crippen LogP contribution in [0.2, 0.25) is 0 Å². The summed E-state index contributed by atoms with van der Waals surface area (Å²) >= 11 is 0. The predicted octanol–water partition coefficient (Wildman–Crippen LogP) is 2.85. The van der Waals surface area contributed by atoms with Gasteiger partial charge >= 0.3 is 5.97 Å². The minimum Gasteiger partial charge on any atom is -0.455 e. The SMILES string of the molecule is C=C(C)C1CCC2=C[C@@H](C[C@@]3(C)O[C@@H]3C(=O)/C=C(\C)C(=O)C1)OC2=O. The lowest BCUT2D eigenvalue weighted by atomic mass is 9.87. The Hall–Kier alpha value is -2.01. The zero-order chi connectivity index (χ0) is 18.4. The molecule has 1 fully saturated rings. The molecular weight excluding hydrogens is 320 g/mol. The summed E-state index contributed by atoms with van der Waals surface area (Å²) in [5.74, 6) is -0.607. The molecular formula is C20H24O5. The zero-order valence-electron chi connectivity index (χ0n) is 15.0. The third-order valence-electron chi connectivity index (χ3n) is 5.35. The summed E-state index contributed by atoms with van der Waals surface area (Å²) in [6.07, 6.45) is 4.25. The van der Waals surface area contributed by atoms with Crippen LogP contribution in [-0.4, -0.2) is 35.3 Å². The molecule has 0 aromatic carbocycles. The highest BCUT2D eigenvalue weighted by molar-refractivity contribution is 6.05. The molecule has 2 bridgehead atoms. The molecule has 1 saturated heterocycles. The van der Waals surface area contributed by atoms with E-state index in [1.807, 2.05) is 19.9 Å². The Bertz CT molecular complexity index is 714. The van der Waals surface area contributed by atoms with Crippen LogP contribution < -0.4 is 0 Å². The molecule has 5 nitrogen and oxygen atoms in total. The first kappa shape index (κ1) is 17.8. The quantitative estimate of drug-likeness (QED) is 0.415. The van der Waals surface area contributed by atoms with Gasteiger partial charge in [-0.3, -0.25) is 9.59 Å².